The van der Waals surface area contributed by atoms with Crippen molar-refractivity contribution >= 4 is 38.4 Å². The second-order valence-electron chi connectivity index (χ2n) is 6.90. The Labute approximate surface area is 172 Å². The van der Waals surface area contributed by atoms with Crippen LogP contribution in [0.3, 0.4) is 0 Å². The first-order chi connectivity index (χ1) is 14.5. The minimum absolute atomic E-state index is 0.0222. The lowest BCUT2D eigenvalue weighted by Gasteiger charge is -2.15. The summed E-state index contributed by atoms with van der Waals surface area (Å²) in [6, 6.07) is 5.90. The number of alkyl halides is 3. The van der Waals surface area contributed by atoms with Crippen molar-refractivity contribution in [2.75, 3.05) is 10.5 Å². The van der Waals surface area contributed by atoms with Crippen molar-refractivity contribution in [2.45, 2.75) is 24.3 Å². The van der Waals surface area contributed by atoms with E-state index in [2.05, 4.69) is 19.7 Å². The van der Waals surface area contributed by atoms with Gasteiger partial charge in [0.1, 0.15) is 11.3 Å². The number of hydrogen-bond acceptors (Lipinski definition) is 6. The number of nitrogens with one attached hydrogen (secondary N) is 2. The fraction of sp³-hybridized carbons (Fsp3) is 0.222. The lowest BCUT2D eigenvalue weighted by atomic mass is 10.0. The average Bonchev–Trinajstić information content (AvgIpc) is 3.47. The topological polar surface area (TPSA) is 127 Å². The van der Waals surface area contributed by atoms with Crippen molar-refractivity contribution < 1.29 is 35.5 Å². The van der Waals surface area contributed by atoms with Crippen molar-refractivity contribution in [1.29, 1.82) is 0 Å². The molecule has 31 heavy (non-hydrogen) atoms. The third-order valence-corrected chi connectivity index (χ3v) is 6.50. The Hall–Kier alpha value is -3.35. The van der Waals surface area contributed by atoms with Gasteiger partial charge >= 0.3 is 12.1 Å². The zero-order valence-corrected chi connectivity index (χ0v) is 16.3. The first-order valence-corrected chi connectivity index (χ1v) is 10.4. The second-order valence-corrected chi connectivity index (χ2v) is 8.86. The number of nitrogen functional groups attached to an aromatic ring is 1. The van der Waals surface area contributed by atoms with Crippen LogP contribution in [0.2, 0.25) is 0 Å². The largest absolute Gasteiger partial charge is 0.491 e. The van der Waals surface area contributed by atoms with Crippen molar-refractivity contribution in [3.63, 3.8) is 0 Å². The van der Waals surface area contributed by atoms with E-state index in [1.54, 1.807) is 0 Å². The first-order valence-electron chi connectivity index (χ1n) is 8.84. The molecule has 8 nitrogen and oxygen atoms in total. The van der Waals surface area contributed by atoms with Gasteiger partial charge in [0.05, 0.1) is 10.9 Å². The van der Waals surface area contributed by atoms with Crippen LogP contribution in [0.4, 0.5) is 29.1 Å². The summed E-state index contributed by atoms with van der Waals surface area (Å²) < 4.78 is 84.2. The van der Waals surface area contributed by atoms with Crippen LogP contribution in [0.1, 0.15) is 12.8 Å². The summed E-state index contributed by atoms with van der Waals surface area (Å²) in [5, 5.41) is 5.71. The molecule has 0 saturated heterocycles. The monoisotopic (exact) mass is 458 g/mol. The maximum atomic E-state index is 15.0. The molecule has 0 spiro atoms. The predicted molar refractivity (Wildman–Crippen MR) is 103 cm³/mol. The summed E-state index contributed by atoms with van der Waals surface area (Å²) in [6.45, 7) is 0. The Morgan fingerprint density at radius 2 is 1.87 bits per heavy atom. The van der Waals surface area contributed by atoms with Crippen LogP contribution in [-0.2, 0) is 14.8 Å². The van der Waals surface area contributed by atoms with E-state index in [1.807, 2.05) is 0 Å². The number of aromatic nitrogens is 2. The molecule has 0 aliphatic heterocycles. The number of halogens is 4. The molecule has 0 atom stereocenters. The molecule has 2 aromatic carbocycles. The van der Waals surface area contributed by atoms with Gasteiger partial charge in [-0.3, -0.25) is 9.82 Å². The molecule has 1 heterocycles. The number of aromatic amines is 1. The van der Waals surface area contributed by atoms with Gasteiger partial charge in [-0.25, -0.2) is 17.6 Å². The molecular formula is C18H14F4N4O4S. The molecule has 0 radical (unpaired) electrons. The van der Waals surface area contributed by atoms with Crippen LogP contribution in [0.25, 0.3) is 22.0 Å². The number of carbonyl (C=O) groups is 1. The number of fused-ring (bicyclic) bond motifs is 1. The molecule has 0 unspecified atom stereocenters. The van der Waals surface area contributed by atoms with Gasteiger partial charge in [-0.2, -0.15) is 18.3 Å². The van der Waals surface area contributed by atoms with E-state index in [4.69, 9.17) is 5.73 Å². The first kappa shape index (κ1) is 20.9. The summed E-state index contributed by atoms with van der Waals surface area (Å²) in [4.78, 5) is 11.4. The van der Waals surface area contributed by atoms with Gasteiger partial charge < -0.3 is 10.5 Å². The van der Waals surface area contributed by atoms with E-state index >= 15 is 4.39 Å². The van der Waals surface area contributed by atoms with Gasteiger partial charge in [0, 0.05) is 22.6 Å². The molecule has 0 bridgehead atoms. The predicted octanol–water partition coefficient (Wildman–Crippen LogP) is 3.32. The van der Waals surface area contributed by atoms with Crippen LogP contribution in [0, 0.1) is 5.82 Å². The van der Waals surface area contributed by atoms with Crippen LogP contribution < -0.4 is 15.2 Å². The van der Waals surface area contributed by atoms with Gasteiger partial charge in [-0.1, -0.05) is 6.07 Å². The molecular weight excluding hydrogens is 444 g/mol. The number of ether oxygens (including phenoxy) is 1. The molecule has 1 saturated carbocycles. The summed E-state index contributed by atoms with van der Waals surface area (Å²) >= 11 is 0. The third-order valence-electron chi connectivity index (χ3n) is 4.64. The Balaban J connectivity index is 1.81. The maximum Gasteiger partial charge on any atom is 0.491 e. The molecule has 4 N–H and O–H groups in total. The zero-order valence-electron chi connectivity index (χ0n) is 15.5. The van der Waals surface area contributed by atoms with Gasteiger partial charge in [0.25, 0.3) is 0 Å². The van der Waals surface area contributed by atoms with E-state index in [0.717, 1.165) is 12.1 Å². The van der Waals surface area contributed by atoms with Crippen LogP contribution in [0.5, 0.6) is 5.75 Å². The van der Waals surface area contributed by atoms with E-state index in [0.29, 0.717) is 12.8 Å². The normalized spacial score (nSPS) is 14.6. The molecule has 1 aliphatic rings. The summed E-state index contributed by atoms with van der Waals surface area (Å²) in [5.41, 5.74) is 4.97. The van der Waals surface area contributed by atoms with Gasteiger partial charge in [-0.05, 0) is 31.0 Å². The number of esters is 1. The highest BCUT2D eigenvalue weighted by Crippen LogP contribution is 2.39. The third kappa shape index (κ3) is 4.00. The second kappa shape index (κ2) is 7.11. The highest BCUT2D eigenvalue weighted by Gasteiger charge is 2.42. The van der Waals surface area contributed by atoms with E-state index in [1.165, 1.54) is 18.2 Å². The SMILES string of the molecule is Nc1n[nH]c2c(F)c(-c3ccc(NS(=O)(=O)C4CC4)cc3OC(=O)C(F)(F)F)ccc12. The standard InChI is InChI=1S/C18H14F4N4O4S/c19-14-11(5-6-12-15(14)24-25-16(12)23)10-4-1-8(26-31(28,29)9-2-3-9)7-13(10)30-17(27)18(20,21)22/h1,4-7,9,26H,2-3H2,(H3,23,24,25). The minimum atomic E-state index is -5.32. The summed E-state index contributed by atoms with van der Waals surface area (Å²) in [5.74, 6) is -4.08. The number of nitrogens with two attached hydrogens (primary N) is 1. The van der Waals surface area contributed by atoms with E-state index in [9.17, 15) is 26.4 Å². The number of H-pyrrole nitrogens is 1. The van der Waals surface area contributed by atoms with E-state index in [-0.39, 0.29) is 33.5 Å². The highest BCUT2D eigenvalue weighted by atomic mass is 32.2. The lowest BCUT2D eigenvalue weighted by Crippen LogP contribution is -2.28. The van der Waals surface area contributed by atoms with Gasteiger partial charge in [0.2, 0.25) is 10.0 Å². The zero-order chi connectivity index (χ0) is 22.6. The number of sulfonamides is 1. The number of carbonyl (C=O) groups excluding carboxylic acids is 1. The number of hydrogen-bond donors (Lipinski definition) is 3. The smallest absolute Gasteiger partial charge is 0.419 e. The van der Waals surface area contributed by atoms with Crippen molar-refractivity contribution in [1.82, 2.24) is 10.2 Å². The Bertz CT molecular complexity index is 1300. The molecule has 3 aromatic rings. The molecule has 0 amide bonds. The number of anilines is 2. The van der Waals surface area contributed by atoms with Crippen molar-refractivity contribution in [3.05, 3.63) is 36.1 Å². The fourth-order valence-electron chi connectivity index (χ4n) is 2.96. The number of benzene rings is 2. The summed E-state index contributed by atoms with van der Waals surface area (Å²) in [6.07, 6.45) is -4.40. The molecule has 1 aliphatic carbocycles. The maximum absolute atomic E-state index is 15.0. The van der Waals surface area contributed by atoms with Crippen molar-refractivity contribution in [2.24, 2.45) is 0 Å². The van der Waals surface area contributed by atoms with Gasteiger partial charge in [-0.15, -0.1) is 0 Å². The molecule has 13 heteroatoms. The van der Waals surface area contributed by atoms with E-state index < -0.39 is 39.0 Å². The highest BCUT2D eigenvalue weighted by molar-refractivity contribution is 7.93. The number of nitrogens with zero attached hydrogens (tertiary/aromatic N) is 1. The Kier molecular flexibility index (Phi) is 4.80. The fourth-order valence-corrected chi connectivity index (χ4v) is 4.34. The van der Waals surface area contributed by atoms with Gasteiger partial charge in [0.15, 0.2) is 11.6 Å². The minimum Gasteiger partial charge on any atom is -0.419 e. The lowest BCUT2D eigenvalue weighted by molar-refractivity contribution is -0.189. The van der Waals surface area contributed by atoms with Crippen LogP contribution >= 0.6 is 0 Å². The molecule has 4 rings (SSSR count). The van der Waals surface area contributed by atoms with Crippen LogP contribution in [-0.4, -0.2) is 36.0 Å². The molecule has 164 valence electrons. The Morgan fingerprint density at radius 1 is 1.19 bits per heavy atom. The average molecular weight is 458 g/mol. The number of rotatable bonds is 5. The Morgan fingerprint density at radius 3 is 2.52 bits per heavy atom. The quantitative estimate of drug-likeness (QED) is 0.306. The molecule has 1 fully saturated rings. The van der Waals surface area contributed by atoms with Crippen LogP contribution in [0.15, 0.2) is 30.3 Å². The summed E-state index contributed by atoms with van der Waals surface area (Å²) in [7, 11) is -3.74. The van der Waals surface area contributed by atoms with Crippen molar-refractivity contribution in [3.8, 4) is 16.9 Å². The molecule has 1 aromatic heterocycles.